The van der Waals surface area contributed by atoms with Crippen LogP contribution in [0.4, 0.5) is 0 Å². The van der Waals surface area contributed by atoms with Crippen LogP contribution in [0.15, 0.2) is 65.8 Å². The molecular weight excluding hydrogens is 298 g/mol. The van der Waals surface area contributed by atoms with Crippen molar-refractivity contribution in [2.75, 3.05) is 0 Å². The minimum Gasteiger partial charge on any atom is -0.293 e. The molecule has 0 bridgehead atoms. The van der Waals surface area contributed by atoms with Gasteiger partial charge >= 0.3 is 0 Å². The first kappa shape index (κ1) is 16.3. The van der Waals surface area contributed by atoms with Gasteiger partial charge in [-0.25, -0.2) is 0 Å². The molecule has 0 aliphatic heterocycles. The number of carbonyl (C=O) groups excluding carboxylic acids is 1. The van der Waals surface area contributed by atoms with E-state index in [9.17, 15) is 4.79 Å². The third-order valence-corrected chi connectivity index (χ3v) is 5.04. The molecule has 2 atom stereocenters. The van der Waals surface area contributed by atoms with Crippen LogP contribution in [-0.2, 0) is 5.41 Å². The number of hydrogen-bond acceptors (Lipinski definition) is 2. The molecule has 0 amide bonds. The summed E-state index contributed by atoms with van der Waals surface area (Å²) in [5.74, 6) is 0.0635. The molecule has 2 aromatic rings. The molecule has 1 fully saturated rings. The maximum atomic E-state index is 13.6. The van der Waals surface area contributed by atoms with Crippen molar-refractivity contribution in [2.24, 2.45) is 5.11 Å². The van der Waals surface area contributed by atoms with Crippen LogP contribution in [0.25, 0.3) is 10.4 Å². The summed E-state index contributed by atoms with van der Waals surface area (Å²) in [5, 5.41) is 4.08. The molecule has 3 rings (SSSR count). The van der Waals surface area contributed by atoms with Gasteiger partial charge in [0.05, 0.1) is 11.5 Å². The molecule has 4 nitrogen and oxygen atoms in total. The minimum atomic E-state index is -0.772. The normalized spacial score (nSPS) is 23.8. The van der Waals surface area contributed by atoms with E-state index < -0.39 is 5.41 Å². The summed E-state index contributed by atoms with van der Waals surface area (Å²) >= 11 is 0. The zero-order chi connectivity index (χ0) is 16.8. The largest absolute Gasteiger partial charge is 0.293 e. The Hall–Kier alpha value is -2.58. The van der Waals surface area contributed by atoms with Crippen LogP contribution in [0.5, 0.6) is 0 Å². The molecular formula is C20H21N3O. The number of azide groups is 1. The molecule has 1 aliphatic rings. The molecule has 0 N–H and O–H groups in total. The first-order chi connectivity index (χ1) is 11.8. The van der Waals surface area contributed by atoms with Gasteiger partial charge in [-0.15, -0.1) is 0 Å². The lowest BCUT2D eigenvalue weighted by Crippen LogP contribution is -2.45. The van der Waals surface area contributed by atoms with E-state index in [2.05, 4.69) is 10.0 Å². The third-order valence-electron chi connectivity index (χ3n) is 5.04. The molecule has 0 unspecified atom stereocenters. The molecule has 0 heterocycles. The molecule has 122 valence electrons. The number of Topliss-reactive ketones (excluding diaryl/α,β-unsaturated/α-hetero) is 1. The second-order valence-corrected chi connectivity index (χ2v) is 6.35. The highest BCUT2D eigenvalue weighted by Gasteiger charge is 2.47. The smallest absolute Gasteiger partial charge is 0.173 e. The molecule has 0 radical (unpaired) electrons. The summed E-state index contributed by atoms with van der Waals surface area (Å²) < 4.78 is 0. The van der Waals surface area contributed by atoms with Crippen LogP contribution < -0.4 is 0 Å². The average molecular weight is 319 g/mol. The maximum absolute atomic E-state index is 13.6. The van der Waals surface area contributed by atoms with Gasteiger partial charge in [-0.3, -0.25) is 4.79 Å². The number of nitrogens with zero attached hydrogens (tertiary/aromatic N) is 3. The summed E-state index contributed by atoms with van der Waals surface area (Å²) in [5.41, 5.74) is 9.95. The lowest BCUT2D eigenvalue weighted by molar-refractivity contribution is 0.0846. The van der Waals surface area contributed by atoms with E-state index in [1.165, 1.54) is 0 Å². The lowest BCUT2D eigenvalue weighted by atomic mass is 9.66. The van der Waals surface area contributed by atoms with Crippen molar-refractivity contribution in [1.82, 2.24) is 0 Å². The van der Waals surface area contributed by atoms with E-state index in [1.807, 2.05) is 60.7 Å². The standard InChI is InChI=1S/C20H21N3O/c21-23-22-18-14-8-3-9-15-20(18,17-12-6-2-7-13-17)19(24)16-10-4-1-5-11-16/h1-2,4-7,10-13,18H,3,8-9,14-15H2/t18-,20-/m0/s1. The summed E-state index contributed by atoms with van der Waals surface area (Å²) in [7, 11) is 0. The van der Waals surface area contributed by atoms with Gasteiger partial charge in [-0.2, -0.15) is 0 Å². The quantitative estimate of drug-likeness (QED) is 0.243. The van der Waals surface area contributed by atoms with Crippen molar-refractivity contribution in [3.8, 4) is 0 Å². The Bertz CT molecular complexity index is 738. The Labute approximate surface area is 142 Å². The predicted octanol–water partition coefficient (Wildman–Crippen LogP) is 5.45. The van der Waals surface area contributed by atoms with Crippen molar-refractivity contribution >= 4 is 5.78 Å². The minimum absolute atomic E-state index is 0.0635. The maximum Gasteiger partial charge on any atom is 0.173 e. The van der Waals surface area contributed by atoms with Gasteiger partial charge in [0.15, 0.2) is 5.78 Å². The molecule has 4 heteroatoms. The van der Waals surface area contributed by atoms with E-state index in [4.69, 9.17) is 5.53 Å². The zero-order valence-electron chi connectivity index (χ0n) is 13.6. The number of ketones is 1. The first-order valence-corrected chi connectivity index (χ1v) is 8.48. The van der Waals surface area contributed by atoms with Crippen LogP contribution >= 0.6 is 0 Å². The predicted molar refractivity (Wildman–Crippen MR) is 94.9 cm³/mol. The van der Waals surface area contributed by atoms with Gasteiger partial charge in [-0.1, -0.05) is 85.0 Å². The van der Waals surface area contributed by atoms with E-state index in [0.29, 0.717) is 12.0 Å². The number of benzene rings is 2. The fraction of sp³-hybridized carbons (Fsp3) is 0.350. The van der Waals surface area contributed by atoms with E-state index in [0.717, 1.165) is 31.2 Å². The van der Waals surface area contributed by atoms with Crippen molar-refractivity contribution in [1.29, 1.82) is 0 Å². The Kier molecular flexibility index (Phi) is 4.97. The molecule has 24 heavy (non-hydrogen) atoms. The third kappa shape index (κ3) is 2.93. The van der Waals surface area contributed by atoms with Gasteiger partial charge in [0, 0.05) is 10.5 Å². The highest BCUT2D eigenvalue weighted by Crippen LogP contribution is 2.43. The molecule has 1 saturated carbocycles. The van der Waals surface area contributed by atoms with Gasteiger partial charge in [0.25, 0.3) is 0 Å². The monoisotopic (exact) mass is 319 g/mol. The molecule has 1 aliphatic carbocycles. The van der Waals surface area contributed by atoms with E-state index in [1.54, 1.807) is 0 Å². The highest BCUT2D eigenvalue weighted by atomic mass is 16.1. The van der Waals surface area contributed by atoms with Crippen molar-refractivity contribution < 1.29 is 4.79 Å². The Balaban J connectivity index is 2.19. The van der Waals surface area contributed by atoms with E-state index in [-0.39, 0.29) is 11.8 Å². The molecule has 0 saturated heterocycles. The van der Waals surface area contributed by atoms with Gasteiger partial charge in [0.1, 0.15) is 0 Å². The fourth-order valence-corrected chi connectivity index (χ4v) is 3.87. The molecule has 0 spiro atoms. The Morgan fingerprint density at radius 1 is 1.00 bits per heavy atom. The highest BCUT2D eigenvalue weighted by molar-refractivity contribution is 6.04. The SMILES string of the molecule is [N-]=[N+]=N[C@H]1CCCCC[C@]1(C(=O)c1ccccc1)c1ccccc1. The van der Waals surface area contributed by atoms with Crippen molar-refractivity contribution in [3.05, 3.63) is 82.2 Å². The fourth-order valence-electron chi connectivity index (χ4n) is 3.87. The molecule has 0 aromatic heterocycles. The lowest BCUT2D eigenvalue weighted by Gasteiger charge is -2.37. The zero-order valence-corrected chi connectivity index (χ0v) is 13.6. The first-order valence-electron chi connectivity index (χ1n) is 8.48. The van der Waals surface area contributed by atoms with Gasteiger partial charge in [-0.05, 0) is 23.9 Å². The van der Waals surface area contributed by atoms with Gasteiger partial charge < -0.3 is 0 Å². The number of hydrogen-bond donors (Lipinski definition) is 0. The van der Waals surface area contributed by atoms with Gasteiger partial charge in [0.2, 0.25) is 0 Å². The summed E-state index contributed by atoms with van der Waals surface area (Å²) in [6.45, 7) is 0. The van der Waals surface area contributed by atoms with Crippen molar-refractivity contribution in [3.63, 3.8) is 0 Å². The topological polar surface area (TPSA) is 65.8 Å². The van der Waals surface area contributed by atoms with Crippen LogP contribution in [0, 0.1) is 0 Å². The summed E-state index contributed by atoms with van der Waals surface area (Å²) in [6, 6.07) is 18.9. The second kappa shape index (κ2) is 7.33. The second-order valence-electron chi connectivity index (χ2n) is 6.35. The average Bonchev–Trinajstić information content (AvgIpc) is 2.86. The Morgan fingerprint density at radius 2 is 1.67 bits per heavy atom. The Morgan fingerprint density at radius 3 is 2.33 bits per heavy atom. The van der Waals surface area contributed by atoms with Crippen LogP contribution in [0.3, 0.4) is 0 Å². The van der Waals surface area contributed by atoms with Crippen LogP contribution in [-0.4, -0.2) is 11.8 Å². The van der Waals surface area contributed by atoms with Crippen LogP contribution in [0.2, 0.25) is 0 Å². The van der Waals surface area contributed by atoms with Crippen LogP contribution in [0.1, 0.15) is 48.0 Å². The van der Waals surface area contributed by atoms with Crippen molar-refractivity contribution in [2.45, 2.75) is 43.6 Å². The molecule has 2 aromatic carbocycles. The number of carbonyl (C=O) groups is 1. The summed E-state index contributed by atoms with van der Waals surface area (Å²) in [6.07, 6.45) is 4.48. The van der Waals surface area contributed by atoms with E-state index >= 15 is 0 Å². The summed E-state index contributed by atoms with van der Waals surface area (Å²) in [4.78, 5) is 16.6. The number of rotatable bonds is 4.